The lowest BCUT2D eigenvalue weighted by Crippen LogP contribution is -2.35. The van der Waals surface area contributed by atoms with Crippen LogP contribution in [0.2, 0.25) is 0 Å². The summed E-state index contributed by atoms with van der Waals surface area (Å²) in [5, 5.41) is 6.33. The largest absolute Gasteiger partial charge is 0.494 e. The predicted octanol–water partition coefficient (Wildman–Crippen LogP) is 2.86. The van der Waals surface area contributed by atoms with Crippen molar-refractivity contribution in [3.63, 3.8) is 0 Å². The molecule has 2 aromatic heterocycles. The molecule has 0 radical (unpaired) electrons. The van der Waals surface area contributed by atoms with Gasteiger partial charge in [-0.1, -0.05) is 12.1 Å². The van der Waals surface area contributed by atoms with E-state index in [1.165, 1.54) is 4.57 Å². The monoisotopic (exact) mass is 428 g/mol. The van der Waals surface area contributed by atoms with E-state index < -0.39 is 23.5 Å². The predicted molar refractivity (Wildman–Crippen MR) is 112 cm³/mol. The number of esters is 1. The average Bonchev–Trinajstić information content (AvgIpc) is 3.17. The SMILES string of the molecule is CCOC(=O)c1noc2nc(C)n([C@@H](CC)C(=O)Nc3ccc(OCC)cc3)c(=O)c12. The maximum absolute atomic E-state index is 13.2. The minimum absolute atomic E-state index is 0.0800. The van der Waals surface area contributed by atoms with Crippen LogP contribution in [0.15, 0.2) is 33.6 Å². The van der Waals surface area contributed by atoms with Gasteiger partial charge in [0.25, 0.3) is 11.3 Å². The number of carbonyl (C=O) groups excluding carboxylic acids is 2. The van der Waals surface area contributed by atoms with Gasteiger partial charge in [0.2, 0.25) is 11.6 Å². The van der Waals surface area contributed by atoms with E-state index in [1.807, 2.05) is 6.92 Å². The Bertz CT molecular complexity index is 1150. The Hall–Kier alpha value is -3.69. The molecule has 0 aliphatic carbocycles. The Morgan fingerprint density at radius 3 is 2.48 bits per heavy atom. The third kappa shape index (κ3) is 4.42. The molecule has 0 spiro atoms. The summed E-state index contributed by atoms with van der Waals surface area (Å²) in [6, 6.07) is 6.06. The molecule has 1 atom stereocenters. The molecule has 1 aromatic carbocycles. The third-order valence-electron chi connectivity index (χ3n) is 4.62. The Morgan fingerprint density at radius 1 is 1.16 bits per heavy atom. The average molecular weight is 428 g/mol. The molecule has 0 aliphatic heterocycles. The Kier molecular flexibility index (Phi) is 6.68. The Labute approximate surface area is 178 Å². The summed E-state index contributed by atoms with van der Waals surface area (Å²) in [7, 11) is 0. The number of anilines is 1. The first-order chi connectivity index (χ1) is 14.9. The number of rotatable bonds is 8. The highest BCUT2D eigenvalue weighted by molar-refractivity contribution is 6.00. The Balaban J connectivity index is 1.97. The smallest absolute Gasteiger partial charge is 0.361 e. The second-order valence-electron chi connectivity index (χ2n) is 6.64. The van der Waals surface area contributed by atoms with E-state index in [0.717, 1.165) is 0 Å². The zero-order valence-corrected chi connectivity index (χ0v) is 17.8. The molecule has 0 saturated carbocycles. The molecule has 0 fully saturated rings. The van der Waals surface area contributed by atoms with Gasteiger partial charge in [-0.15, -0.1) is 0 Å². The minimum atomic E-state index is -0.860. The molecule has 1 amide bonds. The van der Waals surface area contributed by atoms with Crippen molar-refractivity contribution in [3.8, 4) is 5.75 Å². The van der Waals surface area contributed by atoms with Gasteiger partial charge in [0.05, 0.1) is 13.2 Å². The number of aryl methyl sites for hydroxylation is 1. The van der Waals surface area contributed by atoms with Crippen molar-refractivity contribution in [2.45, 2.75) is 40.2 Å². The zero-order valence-electron chi connectivity index (χ0n) is 17.8. The van der Waals surface area contributed by atoms with Crippen molar-refractivity contribution in [1.29, 1.82) is 0 Å². The molecule has 0 saturated heterocycles. The molecular formula is C21H24N4O6. The highest BCUT2D eigenvalue weighted by Gasteiger charge is 2.28. The number of ether oxygens (including phenoxy) is 2. The van der Waals surface area contributed by atoms with Gasteiger partial charge in [-0.25, -0.2) is 4.79 Å². The van der Waals surface area contributed by atoms with Crippen LogP contribution in [0.4, 0.5) is 5.69 Å². The molecule has 2 heterocycles. The summed E-state index contributed by atoms with van der Waals surface area (Å²) in [5.41, 5.74) is -0.377. The Morgan fingerprint density at radius 2 is 1.87 bits per heavy atom. The first-order valence-corrected chi connectivity index (χ1v) is 10.0. The van der Waals surface area contributed by atoms with Crippen molar-refractivity contribution in [2.75, 3.05) is 18.5 Å². The van der Waals surface area contributed by atoms with Gasteiger partial charge in [0.1, 0.15) is 23.0 Å². The van der Waals surface area contributed by atoms with Gasteiger partial charge in [0.15, 0.2) is 0 Å². The van der Waals surface area contributed by atoms with E-state index in [4.69, 9.17) is 14.0 Å². The normalized spacial score (nSPS) is 11.9. The quantitative estimate of drug-likeness (QED) is 0.543. The first-order valence-electron chi connectivity index (χ1n) is 10.0. The highest BCUT2D eigenvalue weighted by Crippen LogP contribution is 2.21. The first kappa shape index (κ1) is 22.0. The van der Waals surface area contributed by atoms with Gasteiger partial charge in [-0.2, -0.15) is 4.98 Å². The molecule has 0 bridgehead atoms. The van der Waals surface area contributed by atoms with Crippen LogP contribution in [0.25, 0.3) is 11.1 Å². The molecule has 1 N–H and O–H groups in total. The van der Waals surface area contributed by atoms with Gasteiger partial charge >= 0.3 is 5.97 Å². The summed E-state index contributed by atoms with van der Waals surface area (Å²) in [4.78, 5) is 42.6. The van der Waals surface area contributed by atoms with Crippen molar-refractivity contribution in [3.05, 3.63) is 46.1 Å². The number of nitrogens with zero attached hydrogens (tertiary/aromatic N) is 3. The van der Waals surface area contributed by atoms with Crippen LogP contribution in [0.1, 0.15) is 49.5 Å². The zero-order chi connectivity index (χ0) is 22.5. The fraction of sp³-hybridized carbons (Fsp3) is 0.381. The maximum atomic E-state index is 13.2. The summed E-state index contributed by atoms with van der Waals surface area (Å²) in [6.07, 6.45) is 0.316. The van der Waals surface area contributed by atoms with Crippen molar-refractivity contribution in [2.24, 2.45) is 0 Å². The van der Waals surface area contributed by atoms with Crippen LogP contribution in [-0.2, 0) is 9.53 Å². The van der Waals surface area contributed by atoms with Crippen molar-refractivity contribution < 1.29 is 23.6 Å². The summed E-state index contributed by atoms with van der Waals surface area (Å²) in [6.45, 7) is 7.54. The lowest BCUT2D eigenvalue weighted by atomic mass is 10.1. The maximum Gasteiger partial charge on any atom is 0.361 e. The van der Waals surface area contributed by atoms with Crippen LogP contribution in [0.3, 0.4) is 0 Å². The van der Waals surface area contributed by atoms with Crippen molar-refractivity contribution >= 4 is 28.7 Å². The number of aromatic nitrogens is 3. The lowest BCUT2D eigenvalue weighted by molar-refractivity contribution is -0.119. The summed E-state index contributed by atoms with van der Waals surface area (Å²) >= 11 is 0. The molecule has 0 unspecified atom stereocenters. The van der Waals surface area contributed by atoms with Crippen LogP contribution >= 0.6 is 0 Å². The van der Waals surface area contributed by atoms with E-state index in [9.17, 15) is 14.4 Å². The summed E-state index contributed by atoms with van der Waals surface area (Å²) < 4.78 is 16.6. The number of carbonyl (C=O) groups is 2. The number of benzene rings is 1. The van der Waals surface area contributed by atoms with Gasteiger partial charge in [-0.05, 0) is 51.5 Å². The molecule has 3 rings (SSSR count). The van der Waals surface area contributed by atoms with Crippen LogP contribution in [-0.4, -0.2) is 39.8 Å². The number of hydrogen-bond acceptors (Lipinski definition) is 8. The van der Waals surface area contributed by atoms with Gasteiger partial charge in [0, 0.05) is 5.69 Å². The molecule has 10 nitrogen and oxygen atoms in total. The summed E-state index contributed by atoms with van der Waals surface area (Å²) in [5.74, 6) is -0.236. The van der Waals surface area contributed by atoms with Gasteiger partial charge in [-0.3, -0.25) is 14.2 Å². The lowest BCUT2D eigenvalue weighted by Gasteiger charge is -2.19. The van der Waals surface area contributed by atoms with Gasteiger partial charge < -0.3 is 19.3 Å². The standard InChI is InChI=1S/C21H24N4O6/c1-5-15(18(26)23-13-8-10-14(11-9-13)29-6-2)25-12(4)22-19-16(20(25)27)17(24-31-19)21(28)30-7-3/h8-11,15H,5-7H2,1-4H3,(H,23,26)/t15-/m0/s1. The molecule has 164 valence electrons. The fourth-order valence-corrected chi connectivity index (χ4v) is 3.24. The highest BCUT2D eigenvalue weighted by atomic mass is 16.5. The van der Waals surface area contributed by atoms with E-state index in [0.29, 0.717) is 24.5 Å². The number of fused-ring (bicyclic) bond motifs is 1. The van der Waals surface area contributed by atoms with E-state index >= 15 is 0 Å². The minimum Gasteiger partial charge on any atom is -0.494 e. The van der Waals surface area contributed by atoms with Crippen LogP contribution < -0.4 is 15.6 Å². The molecule has 31 heavy (non-hydrogen) atoms. The van der Waals surface area contributed by atoms with Crippen LogP contribution in [0, 0.1) is 6.92 Å². The molecular weight excluding hydrogens is 404 g/mol. The fourth-order valence-electron chi connectivity index (χ4n) is 3.24. The van der Waals surface area contributed by atoms with Crippen LogP contribution in [0.5, 0.6) is 5.75 Å². The van der Waals surface area contributed by atoms with E-state index in [-0.39, 0.29) is 29.2 Å². The third-order valence-corrected chi connectivity index (χ3v) is 4.62. The number of amides is 1. The second kappa shape index (κ2) is 9.41. The topological polar surface area (TPSA) is 126 Å². The van der Waals surface area contributed by atoms with Crippen molar-refractivity contribution in [1.82, 2.24) is 14.7 Å². The number of hydrogen-bond donors (Lipinski definition) is 1. The molecule has 3 aromatic rings. The van der Waals surface area contributed by atoms with E-state index in [1.54, 1.807) is 45.0 Å². The second-order valence-corrected chi connectivity index (χ2v) is 6.64. The van der Waals surface area contributed by atoms with E-state index in [2.05, 4.69) is 15.5 Å². The molecule has 0 aliphatic rings. The molecule has 10 heteroatoms. The number of nitrogens with one attached hydrogen (secondary N) is 1.